The van der Waals surface area contributed by atoms with Gasteiger partial charge in [0.05, 0.1) is 5.52 Å². The number of benzene rings is 1. The monoisotopic (exact) mass is 248 g/mol. The quantitative estimate of drug-likeness (QED) is 0.818. The van der Waals surface area contributed by atoms with Gasteiger partial charge in [-0.15, -0.1) is 0 Å². The summed E-state index contributed by atoms with van der Waals surface area (Å²) in [5.41, 5.74) is 2.45. The molecule has 0 atom stereocenters. The van der Waals surface area contributed by atoms with Crippen molar-refractivity contribution in [2.75, 3.05) is 13.6 Å². The Morgan fingerprint density at radius 2 is 2.17 bits per heavy atom. The fourth-order valence-electron chi connectivity index (χ4n) is 1.78. The molecule has 5 nitrogen and oxygen atoms in total. The molecular weight excluding hydrogens is 232 g/mol. The van der Waals surface area contributed by atoms with Gasteiger partial charge in [0, 0.05) is 27.6 Å². The molecule has 1 amide bonds. The van der Waals surface area contributed by atoms with Crippen molar-refractivity contribution in [3.05, 3.63) is 34.3 Å². The second-order valence-electron chi connectivity index (χ2n) is 4.42. The lowest BCUT2D eigenvalue weighted by Gasteiger charge is -2.14. The van der Waals surface area contributed by atoms with E-state index in [0.29, 0.717) is 12.1 Å². The number of likely N-dealkylation sites (N-methyl/N-ethyl adjacent to an activating group) is 1. The molecule has 0 N–H and O–H groups in total. The second kappa shape index (κ2) is 4.68. The number of aryl methyl sites for hydroxylation is 1. The van der Waals surface area contributed by atoms with Gasteiger partial charge in [0.25, 0.3) is 0 Å². The molecule has 0 aliphatic carbocycles. The highest BCUT2D eigenvalue weighted by Gasteiger charge is 2.07. The fourth-order valence-corrected chi connectivity index (χ4v) is 1.78. The Kier molecular flexibility index (Phi) is 3.23. The van der Waals surface area contributed by atoms with Gasteiger partial charge in [-0.25, -0.2) is 4.79 Å². The van der Waals surface area contributed by atoms with Crippen LogP contribution in [0.15, 0.2) is 27.4 Å². The van der Waals surface area contributed by atoms with Crippen molar-refractivity contribution in [2.24, 2.45) is 7.05 Å². The van der Waals surface area contributed by atoms with E-state index in [-0.39, 0.29) is 11.7 Å². The number of fused-ring (bicyclic) bond motifs is 1. The summed E-state index contributed by atoms with van der Waals surface area (Å²) in [6, 6.07) is 5.63. The van der Waals surface area contributed by atoms with Crippen LogP contribution in [-0.2, 0) is 18.3 Å². The first-order chi connectivity index (χ1) is 8.49. The number of oxazole rings is 1. The lowest BCUT2D eigenvalue weighted by molar-refractivity contribution is -0.127. The molecule has 0 aliphatic heterocycles. The van der Waals surface area contributed by atoms with E-state index in [2.05, 4.69) is 0 Å². The molecule has 0 aliphatic rings. The van der Waals surface area contributed by atoms with Crippen LogP contribution in [0.5, 0.6) is 0 Å². The van der Waals surface area contributed by atoms with E-state index in [1.54, 1.807) is 32.0 Å². The zero-order valence-corrected chi connectivity index (χ0v) is 10.8. The van der Waals surface area contributed by atoms with Crippen LogP contribution in [0.4, 0.5) is 0 Å². The molecule has 1 aromatic carbocycles. The summed E-state index contributed by atoms with van der Waals surface area (Å²) >= 11 is 0. The maximum atomic E-state index is 11.3. The van der Waals surface area contributed by atoms with Crippen molar-refractivity contribution >= 4 is 17.0 Å². The van der Waals surface area contributed by atoms with E-state index in [9.17, 15) is 9.59 Å². The summed E-state index contributed by atoms with van der Waals surface area (Å²) < 4.78 is 6.54. The van der Waals surface area contributed by atoms with Crippen LogP contribution in [0.2, 0.25) is 0 Å². The molecule has 0 bridgehead atoms. The Morgan fingerprint density at radius 3 is 2.83 bits per heavy atom. The number of hydrogen-bond acceptors (Lipinski definition) is 3. The molecule has 0 spiro atoms. The summed E-state index contributed by atoms with van der Waals surface area (Å²) in [6.45, 7) is 2.20. The lowest BCUT2D eigenvalue weighted by atomic mass is 10.1. The normalized spacial score (nSPS) is 10.8. The second-order valence-corrected chi connectivity index (χ2v) is 4.42. The van der Waals surface area contributed by atoms with Crippen molar-refractivity contribution in [3.63, 3.8) is 0 Å². The third kappa shape index (κ3) is 2.30. The van der Waals surface area contributed by atoms with Gasteiger partial charge in [-0.05, 0) is 24.1 Å². The predicted molar refractivity (Wildman–Crippen MR) is 68.5 cm³/mol. The number of rotatable bonds is 3. The van der Waals surface area contributed by atoms with Crippen molar-refractivity contribution < 1.29 is 9.21 Å². The number of nitrogens with zero attached hydrogens (tertiary/aromatic N) is 2. The zero-order chi connectivity index (χ0) is 13.3. The first kappa shape index (κ1) is 12.4. The third-order valence-electron chi connectivity index (χ3n) is 3.13. The SMILES string of the molecule is CC(=O)N(C)CCc1ccc2oc(=O)n(C)c2c1. The molecular formula is C13H16N2O3. The van der Waals surface area contributed by atoms with E-state index in [0.717, 1.165) is 17.5 Å². The molecule has 2 rings (SSSR count). The summed E-state index contributed by atoms with van der Waals surface area (Å²) in [5, 5.41) is 0. The van der Waals surface area contributed by atoms with Crippen molar-refractivity contribution in [1.29, 1.82) is 0 Å². The van der Waals surface area contributed by atoms with Gasteiger partial charge in [0.15, 0.2) is 5.58 Å². The molecule has 18 heavy (non-hydrogen) atoms. The van der Waals surface area contributed by atoms with Gasteiger partial charge in [-0.1, -0.05) is 6.07 Å². The standard InChI is InChI=1S/C13H16N2O3/c1-9(16)14(2)7-6-10-4-5-12-11(8-10)15(3)13(17)18-12/h4-5,8H,6-7H2,1-3H3. The first-order valence-electron chi connectivity index (χ1n) is 5.79. The Morgan fingerprint density at radius 1 is 1.44 bits per heavy atom. The number of aromatic nitrogens is 1. The fraction of sp³-hybridized carbons (Fsp3) is 0.385. The molecule has 5 heteroatoms. The largest absolute Gasteiger partial charge is 0.419 e. The zero-order valence-electron chi connectivity index (χ0n) is 10.8. The minimum absolute atomic E-state index is 0.0480. The Labute approximate surface area is 105 Å². The number of carbonyl (C=O) groups is 1. The minimum Gasteiger partial charge on any atom is -0.408 e. The Hall–Kier alpha value is -2.04. The van der Waals surface area contributed by atoms with Crippen LogP contribution >= 0.6 is 0 Å². The van der Waals surface area contributed by atoms with E-state index in [4.69, 9.17) is 4.42 Å². The molecule has 1 aromatic heterocycles. The number of hydrogen-bond donors (Lipinski definition) is 0. The average molecular weight is 248 g/mol. The number of carbonyl (C=O) groups excluding carboxylic acids is 1. The third-order valence-corrected chi connectivity index (χ3v) is 3.13. The van der Waals surface area contributed by atoms with Crippen LogP contribution in [0.1, 0.15) is 12.5 Å². The topological polar surface area (TPSA) is 55.5 Å². The molecule has 96 valence electrons. The molecule has 0 saturated carbocycles. The van der Waals surface area contributed by atoms with Crippen molar-refractivity contribution in [3.8, 4) is 0 Å². The van der Waals surface area contributed by atoms with Crippen LogP contribution in [0, 0.1) is 0 Å². The summed E-state index contributed by atoms with van der Waals surface area (Å²) in [7, 11) is 3.45. The van der Waals surface area contributed by atoms with E-state index >= 15 is 0 Å². The molecule has 0 fully saturated rings. The van der Waals surface area contributed by atoms with Gasteiger partial charge in [-0.3, -0.25) is 9.36 Å². The summed E-state index contributed by atoms with van der Waals surface area (Å²) in [5.74, 6) is -0.310. The van der Waals surface area contributed by atoms with Crippen LogP contribution in [-0.4, -0.2) is 29.0 Å². The number of amides is 1. The maximum Gasteiger partial charge on any atom is 0.419 e. The van der Waals surface area contributed by atoms with E-state index < -0.39 is 0 Å². The average Bonchev–Trinajstić information content (AvgIpc) is 2.62. The van der Waals surface area contributed by atoms with Gasteiger partial charge < -0.3 is 9.32 Å². The van der Waals surface area contributed by atoms with E-state index in [1.165, 1.54) is 4.57 Å². The molecule has 0 unspecified atom stereocenters. The summed E-state index contributed by atoms with van der Waals surface area (Å²) in [6.07, 6.45) is 0.755. The predicted octanol–water partition coefficient (Wildman–Crippen LogP) is 1.15. The highest BCUT2D eigenvalue weighted by molar-refractivity contribution is 5.74. The highest BCUT2D eigenvalue weighted by Crippen LogP contribution is 2.14. The van der Waals surface area contributed by atoms with Gasteiger partial charge in [0.1, 0.15) is 0 Å². The van der Waals surface area contributed by atoms with Crippen LogP contribution < -0.4 is 5.76 Å². The van der Waals surface area contributed by atoms with Crippen LogP contribution in [0.25, 0.3) is 11.1 Å². The van der Waals surface area contributed by atoms with Crippen molar-refractivity contribution in [1.82, 2.24) is 9.47 Å². The molecule has 1 heterocycles. The van der Waals surface area contributed by atoms with E-state index in [1.807, 2.05) is 12.1 Å². The van der Waals surface area contributed by atoms with Gasteiger partial charge >= 0.3 is 5.76 Å². The molecule has 0 radical (unpaired) electrons. The minimum atomic E-state index is -0.358. The van der Waals surface area contributed by atoms with Crippen LogP contribution in [0.3, 0.4) is 0 Å². The maximum absolute atomic E-state index is 11.3. The van der Waals surface area contributed by atoms with Gasteiger partial charge in [-0.2, -0.15) is 0 Å². The summed E-state index contributed by atoms with van der Waals surface area (Å²) in [4.78, 5) is 24.1. The molecule has 0 saturated heterocycles. The highest BCUT2D eigenvalue weighted by atomic mass is 16.4. The molecule has 2 aromatic rings. The first-order valence-corrected chi connectivity index (χ1v) is 5.79. The van der Waals surface area contributed by atoms with Gasteiger partial charge in [0.2, 0.25) is 5.91 Å². The smallest absolute Gasteiger partial charge is 0.408 e. The van der Waals surface area contributed by atoms with Crippen molar-refractivity contribution in [2.45, 2.75) is 13.3 Å². The Balaban J connectivity index is 2.22. The Bertz CT molecular complexity index is 639. The lowest BCUT2D eigenvalue weighted by Crippen LogP contribution is -2.26.